The predicted molar refractivity (Wildman–Crippen MR) is 97.6 cm³/mol. The molecule has 128 valence electrons. The van der Waals surface area contributed by atoms with Crippen molar-refractivity contribution in [2.24, 2.45) is 0 Å². The monoisotopic (exact) mass is 346 g/mol. The first-order chi connectivity index (χ1) is 12.6. The number of benzene rings is 3. The van der Waals surface area contributed by atoms with Gasteiger partial charge < -0.3 is 4.74 Å². The van der Waals surface area contributed by atoms with Gasteiger partial charge in [0.2, 0.25) is 0 Å². The van der Waals surface area contributed by atoms with Gasteiger partial charge in [0.05, 0.1) is 11.1 Å². The Balaban J connectivity index is 1.79. The highest BCUT2D eigenvalue weighted by Crippen LogP contribution is 2.21. The van der Waals surface area contributed by atoms with Crippen LogP contribution in [0.1, 0.15) is 26.3 Å². The molecule has 0 aliphatic rings. The lowest BCUT2D eigenvalue weighted by atomic mass is 10.1. The molecule has 0 spiro atoms. The number of ether oxygens (including phenoxy) is 1. The molecule has 0 amide bonds. The van der Waals surface area contributed by atoms with Crippen LogP contribution in [0.5, 0.6) is 5.75 Å². The maximum Gasteiger partial charge on any atom is 0.343 e. The van der Waals surface area contributed by atoms with E-state index in [1.807, 2.05) is 30.3 Å². The third-order valence-electron chi connectivity index (χ3n) is 3.66. The van der Waals surface area contributed by atoms with Gasteiger partial charge in [-0.25, -0.2) is 9.18 Å². The first-order valence-corrected chi connectivity index (χ1v) is 7.98. The van der Waals surface area contributed by atoms with Gasteiger partial charge in [-0.1, -0.05) is 48.5 Å². The zero-order valence-corrected chi connectivity index (χ0v) is 13.8. The number of hydrogen-bond acceptors (Lipinski definition) is 3. The second kappa shape index (κ2) is 8.03. The smallest absolute Gasteiger partial charge is 0.343 e. The van der Waals surface area contributed by atoms with Crippen LogP contribution in [0.15, 0.2) is 84.9 Å². The molecule has 0 aromatic heterocycles. The minimum atomic E-state index is -0.655. The lowest BCUT2D eigenvalue weighted by Gasteiger charge is -2.08. The Kier molecular flexibility index (Phi) is 5.34. The van der Waals surface area contributed by atoms with Gasteiger partial charge in [-0.05, 0) is 48.0 Å². The number of para-hydroxylation sites is 1. The molecule has 0 aliphatic carbocycles. The van der Waals surface area contributed by atoms with Gasteiger partial charge in [0.25, 0.3) is 0 Å². The van der Waals surface area contributed by atoms with E-state index in [0.29, 0.717) is 0 Å². The van der Waals surface area contributed by atoms with E-state index in [2.05, 4.69) is 0 Å². The van der Waals surface area contributed by atoms with Crippen molar-refractivity contribution in [2.75, 3.05) is 0 Å². The Morgan fingerprint density at radius 3 is 2.19 bits per heavy atom. The molecule has 0 atom stereocenters. The summed E-state index contributed by atoms with van der Waals surface area (Å²) in [7, 11) is 0. The second-order valence-electron chi connectivity index (χ2n) is 5.50. The molecule has 3 aromatic rings. The van der Waals surface area contributed by atoms with E-state index in [4.69, 9.17) is 4.74 Å². The zero-order chi connectivity index (χ0) is 18.4. The molecule has 0 N–H and O–H groups in total. The molecule has 0 aliphatic heterocycles. The molecule has 0 heterocycles. The highest BCUT2D eigenvalue weighted by molar-refractivity contribution is 6.09. The number of esters is 1. The van der Waals surface area contributed by atoms with E-state index in [9.17, 15) is 14.0 Å². The first kappa shape index (κ1) is 17.3. The van der Waals surface area contributed by atoms with Gasteiger partial charge in [-0.3, -0.25) is 4.79 Å². The van der Waals surface area contributed by atoms with Crippen molar-refractivity contribution < 1.29 is 18.7 Å². The van der Waals surface area contributed by atoms with Gasteiger partial charge >= 0.3 is 5.97 Å². The standard InChI is InChI=1S/C22H15FO3/c23-18-13-11-17(12-14-18)22(25)26-21-9-5-4-8-19(21)20(24)15-10-16-6-2-1-3-7-16/h1-15H/b15-10+. The SMILES string of the molecule is O=C(Oc1ccccc1C(=O)/C=C/c1ccccc1)c1ccc(F)cc1. The van der Waals surface area contributed by atoms with Gasteiger partial charge in [-0.15, -0.1) is 0 Å². The molecular weight excluding hydrogens is 331 g/mol. The van der Waals surface area contributed by atoms with Crippen LogP contribution in [0.25, 0.3) is 6.08 Å². The topological polar surface area (TPSA) is 43.4 Å². The normalized spacial score (nSPS) is 10.7. The van der Waals surface area contributed by atoms with Crippen molar-refractivity contribution in [3.63, 3.8) is 0 Å². The zero-order valence-electron chi connectivity index (χ0n) is 13.8. The molecule has 3 aromatic carbocycles. The Hall–Kier alpha value is -3.53. The van der Waals surface area contributed by atoms with Crippen LogP contribution >= 0.6 is 0 Å². The second-order valence-corrected chi connectivity index (χ2v) is 5.50. The predicted octanol–water partition coefficient (Wildman–Crippen LogP) is 4.94. The lowest BCUT2D eigenvalue weighted by Crippen LogP contribution is -2.11. The molecule has 0 radical (unpaired) electrons. The van der Waals surface area contributed by atoms with E-state index < -0.39 is 11.8 Å². The van der Waals surface area contributed by atoms with Crippen molar-refractivity contribution >= 4 is 17.8 Å². The summed E-state index contributed by atoms with van der Waals surface area (Å²) in [6.45, 7) is 0. The summed E-state index contributed by atoms with van der Waals surface area (Å²) in [4.78, 5) is 24.7. The summed E-state index contributed by atoms with van der Waals surface area (Å²) < 4.78 is 18.3. The van der Waals surface area contributed by atoms with Crippen LogP contribution in [-0.2, 0) is 0 Å². The van der Waals surface area contributed by atoms with Crippen LogP contribution in [0.3, 0.4) is 0 Å². The van der Waals surface area contributed by atoms with Gasteiger partial charge in [-0.2, -0.15) is 0 Å². The maximum absolute atomic E-state index is 13.0. The molecule has 4 heteroatoms. The molecule has 3 nitrogen and oxygen atoms in total. The summed E-state index contributed by atoms with van der Waals surface area (Å²) in [6, 6.07) is 20.9. The fourth-order valence-electron chi connectivity index (χ4n) is 2.33. The summed E-state index contributed by atoms with van der Waals surface area (Å²) >= 11 is 0. The van der Waals surface area contributed by atoms with E-state index >= 15 is 0 Å². The van der Waals surface area contributed by atoms with E-state index in [0.717, 1.165) is 5.56 Å². The summed E-state index contributed by atoms with van der Waals surface area (Å²) in [5, 5.41) is 0. The van der Waals surface area contributed by atoms with E-state index in [1.54, 1.807) is 30.3 Å². The minimum absolute atomic E-state index is 0.157. The maximum atomic E-state index is 13.0. The Labute approximate surface area is 150 Å². The fourth-order valence-corrected chi connectivity index (χ4v) is 2.33. The molecule has 0 saturated carbocycles. The van der Waals surface area contributed by atoms with Gasteiger partial charge in [0.15, 0.2) is 5.78 Å². The number of ketones is 1. The Morgan fingerprint density at radius 2 is 1.46 bits per heavy atom. The third-order valence-corrected chi connectivity index (χ3v) is 3.66. The van der Waals surface area contributed by atoms with Crippen LogP contribution in [0, 0.1) is 5.82 Å². The fraction of sp³-hybridized carbons (Fsp3) is 0. The van der Waals surface area contributed by atoms with Crippen molar-refractivity contribution in [3.05, 3.63) is 107 Å². The van der Waals surface area contributed by atoms with Crippen molar-refractivity contribution in [1.29, 1.82) is 0 Å². The quantitative estimate of drug-likeness (QED) is 0.284. The highest BCUT2D eigenvalue weighted by atomic mass is 19.1. The van der Waals surface area contributed by atoms with Crippen LogP contribution in [0.2, 0.25) is 0 Å². The van der Waals surface area contributed by atoms with Crippen LogP contribution in [0.4, 0.5) is 4.39 Å². The number of carbonyl (C=O) groups excluding carboxylic acids is 2. The van der Waals surface area contributed by atoms with Crippen molar-refractivity contribution in [1.82, 2.24) is 0 Å². The molecular formula is C22H15FO3. The van der Waals surface area contributed by atoms with Crippen molar-refractivity contribution in [3.8, 4) is 5.75 Å². The average molecular weight is 346 g/mol. The van der Waals surface area contributed by atoms with Crippen LogP contribution in [-0.4, -0.2) is 11.8 Å². The minimum Gasteiger partial charge on any atom is -0.422 e. The summed E-state index contributed by atoms with van der Waals surface area (Å²) in [6.07, 6.45) is 3.13. The molecule has 3 rings (SSSR count). The number of carbonyl (C=O) groups is 2. The summed E-state index contributed by atoms with van der Waals surface area (Å²) in [5.41, 5.74) is 1.37. The largest absolute Gasteiger partial charge is 0.422 e. The number of hydrogen-bond donors (Lipinski definition) is 0. The van der Waals surface area contributed by atoms with E-state index in [1.165, 1.54) is 30.3 Å². The van der Waals surface area contributed by atoms with Crippen molar-refractivity contribution in [2.45, 2.75) is 0 Å². The summed E-state index contributed by atoms with van der Waals surface area (Å²) in [5.74, 6) is -1.22. The highest BCUT2D eigenvalue weighted by Gasteiger charge is 2.14. The molecule has 0 bridgehead atoms. The lowest BCUT2D eigenvalue weighted by molar-refractivity contribution is 0.0733. The number of allylic oxidation sites excluding steroid dienone is 1. The number of halogens is 1. The first-order valence-electron chi connectivity index (χ1n) is 7.98. The average Bonchev–Trinajstić information content (AvgIpc) is 2.68. The molecule has 0 unspecified atom stereocenters. The third kappa shape index (κ3) is 4.30. The Bertz CT molecular complexity index is 945. The van der Waals surface area contributed by atoms with E-state index in [-0.39, 0.29) is 22.7 Å². The Morgan fingerprint density at radius 1 is 0.808 bits per heavy atom. The molecule has 0 saturated heterocycles. The molecule has 0 fully saturated rings. The van der Waals surface area contributed by atoms with Crippen LogP contribution < -0.4 is 4.74 Å². The number of rotatable bonds is 5. The van der Waals surface area contributed by atoms with Gasteiger partial charge in [0.1, 0.15) is 11.6 Å². The van der Waals surface area contributed by atoms with Gasteiger partial charge in [0, 0.05) is 0 Å². The molecule has 26 heavy (non-hydrogen) atoms.